The minimum atomic E-state index is 0.534. The van der Waals surface area contributed by atoms with E-state index in [2.05, 4.69) is 9.97 Å². The number of aryl methyl sites for hydroxylation is 3. The first-order valence-electron chi connectivity index (χ1n) is 6.32. The van der Waals surface area contributed by atoms with Crippen molar-refractivity contribution in [3.63, 3.8) is 0 Å². The molecule has 5 heteroatoms. The summed E-state index contributed by atoms with van der Waals surface area (Å²) >= 11 is 1.75. The Morgan fingerprint density at radius 1 is 1.17 bits per heavy atom. The van der Waals surface area contributed by atoms with Crippen molar-refractivity contribution in [1.29, 1.82) is 0 Å². The second-order valence-electron chi connectivity index (χ2n) is 4.67. The molecule has 0 unspecified atom stereocenters. The Balaban J connectivity index is 2.02. The minimum absolute atomic E-state index is 0.534. The monoisotopic (exact) mass is 260 g/mol. The predicted octanol–water partition coefficient (Wildman–Crippen LogP) is 2.76. The number of hydrogen-bond donors (Lipinski definition) is 1. The highest BCUT2D eigenvalue weighted by Crippen LogP contribution is 2.33. The maximum Gasteiger partial charge on any atom is 0.137 e. The molecule has 0 saturated heterocycles. The van der Waals surface area contributed by atoms with E-state index in [1.807, 2.05) is 6.92 Å². The lowest BCUT2D eigenvalue weighted by molar-refractivity contribution is 0.709. The van der Waals surface area contributed by atoms with Crippen LogP contribution in [0.1, 0.15) is 35.7 Å². The van der Waals surface area contributed by atoms with Crippen LogP contribution in [0.3, 0.4) is 0 Å². The number of aromatic nitrogens is 3. The second-order valence-corrected chi connectivity index (χ2v) is 5.75. The average molecular weight is 260 g/mol. The molecule has 0 aromatic carbocycles. The van der Waals surface area contributed by atoms with Crippen LogP contribution in [0.5, 0.6) is 0 Å². The summed E-state index contributed by atoms with van der Waals surface area (Å²) in [6, 6.07) is 0. The number of nitrogens with zero attached hydrogens (tertiary/aromatic N) is 3. The van der Waals surface area contributed by atoms with Gasteiger partial charge in [0.2, 0.25) is 0 Å². The first kappa shape index (κ1) is 11.6. The van der Waals surface area contributed by atoms with Crippen LogP contribution < -0.4 is 5.73 Å². The molecule has 0 bridgehead atoms. The fraction of sp³-hybridized carbons (Fsp3) is 0.462. The van der Waals surface area contributed by atoms with Gasteiger partial charge in [-0.15, -0.1) is 11.3 Å². The van der Waals surface area contributed by atoms with Gasteiger partial charge < -0.3 is 5.73 Å². The van der Waals surface area contributed by atoms with Crippen LogP contribution in [0, 0.1) is 6.92 Å². The van der Waals surface area contributed by atoms with Gasteiger partial charge in [0.1, 0.15) is 16.6 Å². The highest BCUT2D eigenvalue weighted by molar-refractivity contribution is 7.15. The zero-order valence-corrected chi connectivity index (χ0v) is 11.3. The topological polar surface area (TPSA) is 64.7 Å². The normalized spacial score (nSPS) is 15.2. The average Bonchev–Trinajstić information content (AvgIpc) is 2.60. The summed E-state index contributed by atoms with van der Waals surface area (Å²) in [5.41, 5.74) is 8.09. The predicted molar refractivity (Wildman–Crippen MR) is 73.5 cm³/mol. The van der Waals surface area contributed by atoms with Crippen molar-refractivity contribution in [1.82, 2.24) is 15.0 Å². The Bertz CT molecular complexity index is 553. The van der Waals surface area contributed by atoms with E-state index in [-0.39, 0.29) is 0 Å². The van der Waals surface area contributed by atoms with E-state index in [1.165, 1.54) is 29.8 Å². The molecule has 0 aliphatic heterocycles. The molecule has 2 aromatic rings. The number of hydrogen-bond acceptors (Lipinski definition) is 5. The van der Waals surface area contributed by atoms with Crippen LogP contribution in [-0.2, 0) is 12.8 Å². The van der Waals surface area contributed by atoms with Gasteiger partial charge in [-0.1, -0.05) is 6.42 Å². The van der Waals surface area contributed by atoms with Gasteiger partial charge in [-0.2, -0.15) is 0 Å². The summed E-state index contributed by atoms with van der Waals surface area (Å²) < 4.78 is 0. The van der Waals surface area contributed by atoms with E-state index in [9.17, 15) is 0 Å². The summed E-state index contributed by atoms with van der Waals surface area (Å²) in [4.78, 5) is 14.6. The zero-order valence-electron chi connectivity index (χ0n) is 10.4. The van der Waals surface area contributed by atoms with Crippen molar-refractivity contribution in [3.05, 3.63) is 22.6 Å². The number of rotatable bonds is 1. The third-order valence-electron chi connectivity index (χ3n) is 3.26. The maximum absolute atomic E-state index is 5.96. The van der Waals surface area contributed by atoms with Gasteiger partial charge in [-0.3, -0.25) is 0 Å². The van der Waals surface area contributed by atoms with Crippen molar-refractivity contribution in [2.24, 2.45) is 0 Å². The van der Waals surface area contributed by atoms with E-state index in [4.69, 9.17) is 10.7 Å². The first-order valence-corrected chi connectivity index (χ1v) is 7.14. The van der Waals surface area contributed by atoms with Gasteiger partial charge in [0.25, 0.3) is 0 Å². The molecule has 94 valence electrons. The lowest BCUT2D eigenvalue weighted by Crippen LogP contribution is -1.98. The third kappa shape index (κ3) is 2.10. The van der Waals surface area contributed by atoms with Crippen molar-refractivity contribution in [2.45, 2.75) is 39.0 Å². The second kappa shape index (κ2) is 4.65. The summed E-state index contributed by atoms with van der Waals surface area (Å²) in [6.45, 7) is 1.84. The summed E-state index contributed by atoms with van der Waals surface area (Å²) in [7, 11) is 0. The Hall–Kier alpha value is -1.49. The molecule has 2 N–H and O–H groups in total. The van der Waals surface area contributed by atoms with Gasteiger partial charge in [0, 0.05) is 11.1 Å². The molecule has 1 aliphatic carbocycles. The zero-order chi connectivity index (χ0) is 12.5. The highest BCUT2D eigenvalue weighted by atomic mass is 32.1. The van der Waals surface area contributed by atoms with Crippen LogP contribution in [0.15, 0.2) is 6.20 Å². The fourth-order valence-electron chi connectivity index (χ4n) is 2.30. The lowest BCUT2D eigenvalue weighted by atomic mass is 10.2. The van der Waals surface area contributed by atoms with E-state index >= 15 is 0 Å². The summed E-state index contributed by atoms with van der Waals surface area (Å²) in [5.74, 6) is 1.24. The fourth-order valence-corrected chi connectivity index (χ4v) is 3.46. The van der Waals surface area contributed by atoms with Gasteiger partial charge in [0.15, 0.2) is 0 Å². The lowest BCUT2D eigenvalue weighted by Gasteiger charge is -2.01. The Morgan fingerprint density at radius 2 is 2.00 bits per heavy atom. The molecule has 2 heterocycles. The van der Waals surface area contributed by atoms with Crippen molar-refractivity contribution in [2.75, 3.05) is 5.73 Å². The maximum atomic E-state index is 5.96. The number of thiazole rings is 1. The quantitative estimate of drug-likeness (QED) is 0.801. The van der Waals surface area contributed by atoms with E-state index < -0.39 is 0 Å². The minimum Gasteiger partial charge on any atom is -0.383 e. The molecule has 1 aliphatic rings. The van der Waals surface area contributed by atoms with Crippen LogP contribution in [0.2, 0.25) is 0 Å². The van der Waals surface area contributed by atoms with Crippen molar-refractivity contribution >= 4 is 17.2 Å². The summed E-state index contributed by atoms with van der Waals surface area (Å²) in [5, 5.41) is 0.972. The number of fused-ring (bicyclic) bond motifs is 1. The molecule has 0 saturated carbocycles. The molecule has 2 aromatic heterocycles. The Labute approximate surface area is 110 Å². The SMILES string of the molecule is Cc1ncc(-c2nc3c(s2)CCCCC3)c(N)n1. The van der Waals surface area contributed by atoms with E-state index in [0.29, 0.717) is 11.6 Å². The van der Waals surface area contributed by atoms with Gasteiger partial charge in [-0.05, 0) is 32.6 Å². The smallest absolute Gasteiger partial charge is 0.137 e. The van der Waals surface area contributed by atoms with Crippen LogP contribution >= 0.6 is 11.3 Å². The standard InChI is InChI=1S/C13H16N4S/c1-8-15-7-9(12(14)16-8)13-17-10-5-3-2-4-6-11(10)18-13/h7H,2-6H2,1H3,(H2,14,15,16). The molecular weight excluding hydrogens is 244 g/mol. The molecule has 0 atom stereocenters. The van der Waals surface area contributed by atoms with Crippen molar-refractivity contribution < 1.29 is 0 Å². The molecule has 4 nitrogen and oxygen atoms in total. The molecule has 0 radical (unpaired) electrons. The van der Waals surface area contributed by atoms with E-state index in [1.54, 1.807) is 17.5 Å². The molecular formula is C13H16N4S. The van der Waals surface area contributed by atoms with Crippen LogP contribution in [0.25, 0.3) is 10.6 Å². The molecule has 0 fully saturated rings. The van der Waals surface area contributed by atoms with Crippen LogP contribution in [-0.4, -0.2) is 15.0 Å². The molecule has 18 heavy (non-hydrogen) atoms. The number of nitrogen functional groups attached to an aromatic ring is 1. The largest absolute Gasteiger partial charge is 0.383 e. The highest BCUT2D eigenvalue weighted by Gasteiger charge is 2.16. The first-order chi connectivity index (χ1) is 8.74. The molecule has 0 spiro atoms. The van der Waals surface area contributed by atoms with Gasteiger partial charge >= 0.3 is 0 Å². The van der Waals surface area contributed by atoms with Crippen LogP contribution in [0.4, 0.5) is 5.82 Å². The molecule has 3 rings (SSSR count). The Kier molecular flexibility index (Phi) is 2.99. The van der Waals surface area contributed by atoms with Gasteiger partial charge in [-0.25, -0.2) is 15.0 Å². The Morgan fingerprint density at radius 3 is 2.83 bits per heavy atom. The molecule has 0 amide bonds. The third-order valence-corrected chi connectivity index (χ3v) is 4.46. The summed E-state index contributed by atoms with van der Waals surface area (Å²) in [6.07, 6.45) is 7.87. The number of anilines is 1. The van der Waals surface area contributed by atoms with E-state index in [0.717, 1.165) is 23.4 Å². The number of nitrogens with two attached hydrogens (primary N) is 1. The van der Waals surface area contributed by atoms with Gasteiger partial charge in [0.05, 0.1) is 11.3 Å². The van der Waals surface area contributed by atoms with Crippen molar-refractivity contribution in [3.8, 4) is 10.6 Å².